The lowest BCUT2D eigenvalue weighted by molar-refractivity contribution is 0.0754. The third-order valence-electron chi connectivity index (χ3n) is 3.05. The lowest BCUT2D eigenvalue weighted by Crippen LogP contribution is -2.29. The van der Waals surface area contributed by atoms with Crippen molar-refractivity contribution < 1.29 is 9.90 Å². The van der Waals surface area contributed by atoms with Crippen LogP contribution in [0.25, 0.3) is 0 Å². The first-order valence-electron chi connectivity index (χ1n) is 6.23. The fraction of sp³-hybridized carbons (Fsp3) is 0.267. The second-order valence-corrected chi connectivity index (χ2v) is 5.43. The summed E-state index contributed by atoms with van der Waals surface area (Å²) >= 11 is 1.64. The second-order valence-electron chi connectivity index (χ2n) is 4.40. The molecule has 3 nitrogen and oxygen atoms in total. The van der Waals surface area contributed by atoms with Crippen molar-refractivity contribution in [2.24, 2.45) is 0 Å². The number of benzene rings is 1. The molecule has 0 aliphatic carbocycles. The maximum Gasteiger partial charge on any atom is 0.254 e. The first kappa shape index (κ1) is 13.6. The summed E-state index contributed by atoms with van der Waals surface area (Å²) < 4.78 is 0. The smallest absolute Gasteiger partial charge is 0.254 e. The summed E-state index contributed by atoms with van der Waals surface area (Å²) in [5, 5.41) is 11.7. The second kappa shape index (κ2) is 5.89. The van der Waals surface area contributed by atoms with Crippen LogP contribution < -0.4 is 0 Å². The number of rotatable bonds is 4. The summed E-state index contributed by atoms with van der Waals surface area (Å²) in [6.07, 6.45) is 0. The van der Waals surface area contributed by atoms with Gasteiger partial charge in [0.15, 0.2) is 0 Å². The van der Waals surface area contributed by atoms with Crippen molar-refractivity contribution in [1.82, 2.24) is 4.90 Å². The van der Waals surface area contributed by atoms with E-state index in [9.17, 15) is 9.90 Å². The van der Waals surface area contributed by atoms with E-state index in [2.05, 4.69) is 0 Å². The fourth-order valence-corrected chi connectivity index (χ4v) is 2.56. The van der Waals surface area contributed by atoms with Gasteiger partial charge in [0, 0.05) is 17.0 Å². The van der Waals surface area contributed by atoms with Crippen LogP contribution in [0.4, 0.5) is 0 Å². The number of hydrogen-bond donors (Lipinski definition) is 1. The minimum absolute atomic E-state index is 0.0498. The van der Waals surface area contributed by atoms with Gasteiger partial charge in [-0.1, -0.05) is 12.1 Å². The van der Waals surface area contributed by atoms with E-state index in [-0.39, 0.29) is 11.7 Å². The molecule has 0 aliphatic rings. The van der Waals surface area contributed by atoms with Crippen molar-refractivity contribution in [3.63, 3.8) is 0 Å². The number of thiophene rings is 1. The average Bonchev–Trinajstić information content (AvgIpc) is 2.91. The highest BCUT2D eigenvalue weighted by molar-refractivity contribution is 7.09. The highest BCUT2D eigenvalue weighted by Gasteiger charge is 2.15. The average molecular weight is 275 g/mol. The molecular formula is C15H17NO2S. The molecule has 4 heteroatoms. The molecule has 1 N–H and O–H groups in total. The number of carbonyl (C=O) groups excluding carboxylic acids is 1. The zero-order valence-electron chi connectivity index (χ0n) is 11.1. The summed E-state index contributed by atoms with van der Waals surface area (Å²) in [6.45, 7) is 5.03. The standard InChI is InChI=1S/C15H17NO2S/c1-3-16(10-13-5-4-8-19-13)15(18)12-7-6-11(2)14(17)9-12/h4-9,17H,3,10H2,1-2H3. The predicted octanol–water partition coefficient (Wildman–Crippen LogP) is 3.42. The van der Waals surface area contributed by atoms with E-state index in [1.54, 1.807) is 28.4 Å². The van der Waals surface area contributed by atoms with Gasteiger partial charge in [0.25, 0.3) is 5.91 Å². The van der Waals surface area contributed by atoms with Crippen molar-refractivity contribution in [2.45, 2.75) is 20.4 Å². The van der Waals surface area contributed by atoms with Gasteiger partial charge in [-0.3, -0.25) is 4.79 Å². The number of aromatic hydroxyl groups is 1. The van der Waals surface area contributed by atoms with E-state index in [1.807, 2.05) is 31.4 Å². The third kappa shape index (κ3) is 3.15. The topological polar surface area (TPSA) is 40.5 Å². The molecule has 0 bridgehead atoms. The third-order valence-corrected chi connectivity index (χ3v) is 3.91. The van der Waals surface area contributed by atoms with Crippen molar-refractivity contribution in [1.29, 1.82) is 0 Å². The van der Waals surface area contributed by atoms with E-state index >= 15 is 0 Å². The molecule has 0 fully saturated rings. The molecule has 100 valence electrons. The van der Waals surface area contributed by atoms with Gasteiger partial charge < -0.3 is 10.0 Å². The van der Waals surface area contributed by atoms with E-state index in [0.717, 1.165) is 10.4 Å². The minimum atomic E-state index is -0.0498. The molecule has 0 aliphatic heterocycles. The van der Waals surface area contributed by atoms with Gasteiger partial charge in [0.05, 0.1) is 6.54 Å². The van der Waals surface area contributed by atoms with Gasteiger partial charge in [-0.2, -0.15) is 0 Å². The molecule has 1 aromatic carbocycles. The predicted molar refractivity (Wildman–Crippen MR) is 77.6 cm³/mol. The van der Waals surface area contributed by atoms with Crippen LogP contribution in [-0.2, 0) is 6.54 Å². The quantitative estimate of drug-likeness (QED) is 0.928. The molecule has 0 saturated heterocycles. The fourth-order valence-electron chi connectivity index (χ4n) is 1.84. The Labute approximate surface area is 117 Å². The summed E-state index contributed by atoms with van der Waals surface area (Å²) in [6, 6.07) is 9.06. The number of amides is 1. The molecule has 19 heavy (non-hydrogen) atoms. The number of aryl methyl sites for hydroxylation is 1. The Kier molecular flexibility index (Phi) is 4.22. The number of hydrogen-bond acceptors (Lipinski definition) is 3. The van der Waals surface area contributed by atoms with Crippen LogP contribution in [0.5, 0.6) is 5.75 Å². The maximum atomic E-state index is 12.4. The van der Waals surface area contributed by atoms with Crippen LogP contribution in [0.2, 0.25) is 0 Å². The van der Waals surface area contributed by atoms with Crippen molar-refractivity contribution in [2.75, 3.05) is 6.54 Å². The Morgan fingerprint density at radius 3 is 2.74 bits per heavy atom. The Morgan fingerprint density at radius 1 is 1.37 bits per heavy atom. The van der Waals surface area contributed by atoms with Crippen LogP contribution in [0.1, 0.15) is 27.7 Å². The SMILES string of the molecule is CCN(Cc1cccs1)C(=O)c1ccc(C)c(O)c1. The van der Waals surface area contributed by atoms with Crippen molar-refractivity contribution in [3.8, 4) is 5.75 Å². The van der Waals surface area contributed by atoms with Gasteiger partial charge in [-0.15, -0.1) is 11.3 Å². The highest BCUT2D eigenvalue weighted by atomic mass is 32.1. The van der Waals surface area contributed by atoms with Gasteiger partial charge in [0.1, 0.15) is 5.75 Å². The van der Waals surface area contributed by atoms with Crippen LogP contribution in [-0.4, -0.2) is 22.5 Å². The molecule has 0 spiro atoms. The van der Waals surface area contributed by atoms with Crippen LogP contribution in [0, 0.1) is 6.92 Å². The normalized spacial score (nSPS) is 10.4. The van der Waals surface area contributed by atoms with Gasteiger partial charge in [-0.25, -0.2) is 0 Å². The molecule has 1 heterocycles. The summed E-state index contributed by atoms with van der Waals surface area (Å²) in [5.74, 6) is 0.115. The molecule has 0 radical (unpaired) electrons. The Bertz CT molecular complexity index is 564. The Hall–Kier alpha value is -1.81. The number of phenolic OH excluding ortho intramolecular Hbond substituents is 1. The van der Waals surface area contributed by atoms with E-state index in [4.69, 9.17) is 0 Å². The van der Waals surface area contributed by atoms with E-state index < -0.39 is 0 Å². The van der Waals surface area contributed by atoms with Gasteiger partial charge >= 0.3 is 0 Å². The summed E-state index contributed by atoms with van der Waals surface area (Å²) in [4.78, 5) is 15.3. The molecule has 0 saturated carbocycles. The van der Waals surface area contributed by atoms with Crippen molar-refractivity contribution >= 4 is 17.2 Å². The molecule has 0 unspecified atom stereocenters. The minimum Gasteiger partial charge on any atom is -0.508 e. The zero-order valence-corrected chi connectivity index (χ0v) is 11.9. The van der Waals surface area contributed by atoms with Crippen LogP contribution in [0.15, 0.2) is 35.7 Å². The molecular weight excluding hydrogens is 258 g/mol. The largest absolute Gasteiger partial charge is 0.508 e. The number of phenols is 1. The zero-order chi connectivity index (χ0) is 13.8. The van der Waals surface area contributed by atoms with E-state index in [1.165, 1.54) is 6.07 Å². The highest BCUT2D eigenvalue weighted by Crippen LogP contribution is 2.20. The summed E-state index contributed by atoms with van der Waals surface area (Å²) in [7, 11) is 0. The molecule has 2 rings (SSSR count). The van der Waals surface area contributed by atoms with Crippen LogP contribution >= 0.6 is 11.3 Å². The Balaban J connectivity index is 2.18. The van der Waals surface area contributed by atoms with Gasteiger partial charge in [-0.05, 0) is 43.0 Å². The first-order chi connectivity index (χ1) is 9.11. The molecule has 1 aromatic heterocycles. The van der Waals surface area contributed by atoms with Crippen molar-refractivity contribution in [3.05, 3.63) is 51.7 Å². The molecule has 2 aromatic rings. The Morgan fingerprint density at radius 2 is 2.16 bits per heavy atom. The molecule has 0 atom stereocenters. The van der Waals surface area contributed by atoms with Crippen LogP contribution in [0.3, 0.4) is 0 Å². The lowest BCUT2D eigenvalue weighted by Gasteiger charge is -2.20. The maximum absolute atomic E-state index is 12.4. The monoisotopic (exact) mass is 275 g/mol. The lowest BCUT2D eigenvalue weighted by atomic mass is 10.1. The first-order valence-corrected chi connectivity index (χ1v) is 7.11. The number of carbonyl (C=O) groups is 1. The molecule has 1 amide bonds. The van der Waals surface area contributed by atoms with E-state index in [0.29, 0.717) is 18.7 Å². The van der Waals surface area contributed by atoms with Gasteiger partial charge in [0.2, 0.25) is 0 Å². The summed E-state index contributed by atoms with van der Waals surface area (Å²) in [5.41, 5.74) is 1.30. The number of nitrogens with zero attached hydrogens (tertiary/aromatic N) is 1.